The van der Waals surface area contributed by atoms with Gasteiger partial charge in [-0.15, -0.1) is 0 Å². The third kappa shape index (κ3) is 3.27. The molecule has 2 aliphatic carbocycles. The van der Waals surface area contributed by atoms with Crippen molar-refractivity contribution in [2.45, 2.75) is 75.0 Å². The molecule has 2 fully saturated rings. The molecule has 3 nitrogen and oxygen atoms in total. The summed E-state index contributed by atoms with van der Waals surface area (Å²) in [5, 5.41) is -0.139. The molecule has 0 aromatic rings. The lowest BCUT2D eigenvalue weighted by molar-refractivity contribution is 0.185. The molecule has 2 saturated carbocycles. The highest BCUT2D eigenvalue weighted by Crippen LogP contribution is 2.40. The van der Waals surface area contributed by atoms with Gasteiger partial charge in [0.25, 0.3) is 0 Å². The van der Waals surface area contributed by atoms with E-state index >= 15 is 0 Å². The summed E-state index contributed by atoms with van der Waals surface area (Å²) in [4.78, 5) is 0. The van der Waals surface area contributed by atoms with Crippen LogP contribution in [0.3, 0.4) is 0 Å². The topological polar surface area (TPSA) is 60.2 Å². The van der Waals surface area contributed by atoms with Gasteiger partial charge >= 0.3 is 0 Å². The number of hydrogen-bond acceptors (Lipinski definition) is 3. The van der Waals surface area contributed by atoms with Crippen LogP contribution in [0.4, 0.5) is 0 Å². The largest absolute Gasteiger partial charge is 0.325 e. The molecule has 2 N–H and O–H groups in total. The monoisotopic (exact) mass is 273 g/mol. The van der Waals surface area contributed by atoms with Crippen molar-refractivity contribution in [3.05, 3.63) is 0 Å². The molecule has 0 amide bonds. The number of sulfone groups is 1. The van der Waals surface area contributed by atoms with Gasteiger partial charge in [-0.2, -0.15) is 0 Å². The van der Waals surface area contributed by atoms with E-state index in [4.69, 9.17) is 5.73 Å². The van der Waals surface area contributed by atoms with E-state index in [1.807, 2.05) is 0 Å². The summed E-state index contributed by atoms with van der Waals surface area (Å²) >= 11 is 0. The maximum atomic E-state index is 11.7. The highest BCUT2D eigenvalue weighted by molar-refractivity contribution is 7.91. The lowest BCUT2D eigenvalue weighted by Crippen LogP contribution is -2.49. The molecule has 0 aromatic carbocycles. The van der Waals surface area contributed by atoms with Gasteiger partial charge in [-0.1, -0.05) is 32.1 Å². The molecule has 0 heterocycles. The fraction of sp³-hybridized carbons (Fsp3) is 1.00. The zero-order valence-corrected chi connectivity index (χ0v) is 12.3. The molecule has 4 heteroatoms. The van der Waals surface area contributed by atoms with Crippen molar-refractivity contribution >= 4 is 9.84 Å². The van der Waals surface area contributed by atoms with Gasteiger partial charge in [0.15, 0.2) is 0 Å². The molecule has 18 heavy (non-hydrogen) atoms. The maximum Gasteiger partial charge on any atom is 0.150 e. The van der Waals surface area contributed by atoms with Crippen LogP contribution >= 0.6 is 0 Å². The van der Waals surface area contributed by atoms with Crippen LogP contribution in [0.5, 0.6) is 0 Å². The third-order valence-corrected chi connectivity index (χ3v) is 6.72. The molecule has 2 rings (SSSR count). The summed E-state index contributed by atoms with van der Waals surface area (Å²) in [6, 6.07) is 0. The fourth-order valence-electron chi connectivity index (χ4n) is 3.85. The molecule has 0 saturated heterocycles. The molecule has 2 aliphatic rings. The van der Waals surface area contributed by atoms with Crippen molar-refractivity contribution in [1.82, 2.24) is 0 Å². The quantitative estimate of drug-likeness (QED) is 0.787. The van der Waals surface area contributed by atoms with E-state index in [0.717, 1.165) is 38.5 Å². The van der Waals surface area contributed by atoms with E-state index in [1.54, 1.807) is 0 Å². The predicted molar refractivity (Wildman–Crippen MR) is 75.2 cm³/mol. The van der Waals surface area contributed by atoms with Crippen molar-refractivity contribution < 1.29 is 8.42 Å². The van der Waals surface area contributed by atoms with Crippen LogP contribution in [-0.2, 0) is 9.84 Å². The van der Waals surface area contributed by atoms with E-state index in [0.29, 0.717) is 5.92 Å². The number of hydrogen-bond donors (Lipinski definition) is 1. The average molecular weight is 273 g/mol. The van der Waals surface area contributed by atoms with Crippen LogP contribution in [0, 0.1) is 5.92 Å². The summed E-state index contributed by atoms with van der Waals surface area (Å²) < 4.78 is 23.5. The molecule has 2 atom stereocenters. The van der Waals surface area contributed by atoms with Gasteiger partial charge < -0.3 is 5.73 Å². The Kier molecular flexibility index (Phi) is 4.37. The highest BCUT2D eigenvalue weighted by Gasteiger charge is 2.40. The summed E-state index contributed by atoms with van der Waals surface area (Å²) in [7, 11) is -2.89. The number of rotatable bonds is 2. The lowest BCUT2D eigenvalue weighted by atomic mass is 9.71. The Morgan fingerprint density at radius 2 is 1.61 bits per heavy atom. The first-order valence-corrected chi connectivity index (χ1v) is 9.35. The molecular weight excluding hydrogens is 246 g/mol. The minimum absolute atomic E-state index is 0.0835. The third-order valence-electron chi connectivity index (χ3n) is 5.08. The zero-order valence-electron chi connectivity index (χ0n) is 11.5. The smallest absolute Gasteiger partial charge is 0.150 e. The summed E-state index contributed by atoms with van der Waals surface area (Å²) in [6.07, 6.45) is 12.4. The molecule has 0 bridgehead atoms. The maximum absolute atomic E-state index is 11.7. The van der Waals surface area contributed by atoms with Gasteiger partial charge in [-0.3, -0.25) is 0 Å². The van der Waals surface area contributed by atoms with Crippen molar-refractivity contribution in [3.63, 3.8) is 0 Å². The molecule has 106 valence electrons. The van der Waals surface area contributed by atoms with Crippen molar-refractivity contribution in [2.75, 3.05) is 6.26 Å². The highest BCUT2D eigenvalue weighted by atomic mass is 32.2. The van der Waals surface area contributed by atoms with E-state index in [9.17, 15) is 8.42 Å². The van der Waals surface area contributed by atoms with Crippen molar-refractivity contribution in [2.24, 2.45) is 11.7 Å². The Bertz CT molecular complexity index is 369. The molecule has 0 aliphatic heterocycles. The fourth-order valence-corrected chi connectivity index (χ4v) is 5.03. The van der Waals surface area contributed by atoms with Gasteiger partial charge in [0, 0.05) is 11.8 Å². The SMILES string of the molecule is CS(=O)(=O)C1CCCC(C2(N)CCCCCC2)C1. The van der Waals surface area contributed by atoms with Gasteiger partial charge in [0.1, 0.15) is 9.84 Å². The Labute approximate surface area is 111 Å². The van der Waals surface area contributed by atoms with E-state index in [1.165, 1.54) is 31.9 Å². The second kappa shape index (κ2) is 5.49. The molecule has 2 unspecified atom stereocenters. The van der Waals surface area contributed by atoms with E-state index in [-0.39, 0.29) is 10.8 Å². The molecule has 0 radical (unpaired) electrons. The minimum Gasteiger partial charge on any atom is -0.325 e. The standard InChI is InChI=1S/C14H27NO2S/c1-18(16,17)13-8-6-7-12(11-13)14(15)9-4-2-3-5-10-14/h12-13H,2-11,15H2,1H3. The van der Waals surface area contributed by atoms with Gasteiger partial charge in [0.2, 0.25) is 0 Å². The minimum atomic E-state index is -2.89. The first kappa shape index (κ1) is 14.3. The average Bonchev–Trinajstić information content (AvgIpc) is 2.54. The first-order chi connectivity index (χ1) is 8.42. The normalized spacial score (nSPS) is 33.9. The molecule has 0 aromatic heterocycles. The Balaban J connectivity index is 2.07. The van der Waals surface area contributed by atoms with Gasteiger partial charge in [-0.05, 0) is 38.0 Å². The summed E-state index contributed by atoms with van der Waals surface area (Å²) in [5.41, 5.74) is 6.56. The first-order valence-electron chi connectivity index (χ1n) is 7.39. The Morgan fingerprint density at radius 3 is 2.17 bits per heavy atom. The van der Waals surface area contributed by atoms with Crippen LogP contribution < -0.4 is 5.73 Å². The van der Waals surface area contributed by atoms with Crippen LogP contribution in [0.2, 0.25) is 0 Å². The molecular formula is C14H27NO2S. The van der Waals surface area contributed by atoms with Gasteiger partial charge in [0.05, 0.1) is 5.25 Å². The summed E-state index contributed by atoms with van der Waals surface area (Å²) in [6.45, 7) is 0. The zero-order chi connectivity index (χ0) is 13.2. The van der Waals surface area contributed by atoms with E-state index in [2.05, 4.69) is 0 Å². The van der Waals surface area contributed by atoms with Gasteiger partial charge in [-0.25, -0.2) is 8.42 Å². The lowest BCUT2D eigenvalue weighted by Gasteiger charge is -2.41. The Morgan fingerprint density at radius 1 is 1.00 bits per heavy atom. The second-order valence-corrected chi connectivity index (χ2v) is 8.79. The number of nitrogens with two attached hydrogens (primary N) is 1. The van der Waals surface area contributed by atoms with Crippen molar-refractivity contribution in [1.29, 1.82) is 0 Å². The van der Waals surface area contributed by atoms with Crippen LogP contribution in [-0.4, -0.2) is 25.5 Å². The van der Waals surface area contributed by atoms with Crippen LogP contribution in [0.1, 0.15) is 64.2 Å². The summed E-state index contributed by atoms with van der Waals surface area (Å²) in [5.74, 6) is 0.420. The molecule has 0 spiro atoms. The van der Waals surface area contributed by atoms with Crippen LogP contribution in [0.15, 0.2) is 0 Å². The van der Waals surface area contributed by atoms with E-state index < -0.39 is 9.84 Å². The Hall–Kier alpha value is -0.0900. The predicted octanol–water partition coefficient (Wildman–Crippen LogP) is 2.64. The van der Waals surface area contributed by atoms with Crippen molar-refractivity contribution in [3.8, 4) is 0 Å². The van der Waals surface area contributed by atoms with Crippen LogP contribution in [0.25, 0.3) is 0 Å². The second-order valence-electron chi connectivity index (χ2n) is 6.46.